The van der Waals surface area contributed by atoms with Gasteiger partial charge < -0.3 is 14.8 Å². The molecule has 2 aromatic rings. The maximum Gasteiger partial charge on any atom is 0.256 e. The van der Waals surface area contributed by atoms with E-state index in [1.807, 2.05) is 6.92 Å². The average Bonchev–Trinajstić information content (AvgIpc) is 2.95. The molecular formula is C17H22BrN3O3. The SMILES string of the molecule is CCOc1c(Br)cc(C(=O)Nc2ccnn2CC(C)C)cc1OC. The van der Waals surface area contributed by atoms with Crippen LogP contribution in [0.25, 0.3) is 0 Å². The standard InChI is InChI=1S/C17H22BrN3O3/c1-5-24-16-13(18)8-12(9-14(16)23-4)17(22)20-15-6-7-19-21(15)10-11(2)3/h6-9,11H,5,10H2,1-4H3,(H,20,22). The zero-order chi connectivity index (χ0) is 17.7. The van der Waals surface area contributed by atoms with E-state index in [4.69, 9.17) is 9.47 Å². The van der Waals surface area contributed by atoms with Crippen molar-refractivity contribution in [1.29, 1.82) is 0 Å². The third kappa shape index (κ3) is 4.29. The summed E-state index contributed by atoms with van der Waals surface area (Å²) in [5, 5.41) is 7.13. The van der Waals surface area contributed by atoms with Crippen LogP contribution in [0.15, 0.2) is 28.9 Å². The first-order valence-electron chi connectivity index (χ1n) is 7.79. The van der Waals surface area contributed by atoms with Gasteiger partial charge in [-0.25, -0.2) is 4.68 Å². The van der Waals surface area contributed by atoms with Gasteiger partial charge >= 0.3 is 0 Å². The minimum atomic E-state index is -0.234. The third-order valence-corrected chi connectivity index (χ3v) is 3.87. The molecule has 2 rings (SSSR count). The van der Waals surface area contributed by atoms with Crippen LogP contribution in [0.2, 0.25) is 0 Å². The van der Waals surface area contributed by atoms with E-state index in [0.717, 1.165) is 6.54 Å². The molecule has 0 aliphatic heterocycles. The Balaban J connectivity index is 2.24. The van der Waals surface area contributed by atoms with Crippen molar-refractivity contribution in [2.45, 2.75) is 27.3 Å². The summed E-state index contributed by atoms with van der Waals surface area (Å²) in [6, 6.07) is 5.15. The molecule has 0 aliphatic rings. The summed E-state index contributed by atoms with van der Waals surface area (Å²) in [7, 11) is 1.55. The van der Waals surface area contributed by atoms with Crippen molar-refractivity contribution in [1.82, 2.24) is 9.78 Å². The van der Waals surface area contributed by atoms with E-state index in [-0.39, 0.29) is 5.91 Å². The number of nitrogens with one attached hydrogen (secondary N) is 1. The van der Waals surface area contributed by atoms with Gasteiger partial charge in [-0.3, -0.25) is 4.79 Å². The molecule has 0 spiro atoms. The average molecular weight is 396 g/mol. The number of halogens is 1. The molecule has 0 bridgehead atoms. The summed E-state index contributed by atoms with van der Waals surface area (Å²) < 4.78 is 13.3. The number of carbonyl (C=O) groups is 1. The highest BCUT2D eigenvalue weighted by Crippen LogP contribution is 2.36. The van der Waals surface area contributed by atoms with Crippen molar-refractivity contribution < 1.29 is 14.3 Å². The number of ether oxygens (including phenoxy) is 2. The van der Waals surface area contributed by atoms with Crippen LogP contribution in [0.3, 0.4) is 0 Å². The first-order chi connectivity index (χ1) is 11.5. The highest BCUT2D eigenvalue weighted by Gasteiger charge is 2.16. The molecule has 1 amide bonds. The Bertz CT molecular complexity index is 713. The second-order valence-electron chi connectivity index (χ2n) is 5.67. The fraction of sp³-hybridized carbons (Fsp3) is 0.412. The Labute approximate surface area is 150 Å². The molecule has 1 N–H and O–H groups in total. The zero-order valence-electron chi connectivity index (χ0n) is 14.3. The number of hydrogen-bond acceptors (Lipinski definition) is 4. The Morgan fingerprint density at radius 1 is 1.42 bits per heavy atom. The number of hydrogen-bond donors (Lipinski definition) is 1. The number of amides is 1. The number of methoxy groups -OCH3 is 1. The molecule has 0 unspecified atom stereocenters. The fourth-order valence-corrected chi connectivity index (χ4v) is 2.81. The quantitative estimate of drug-likeness (QED) is 0.770. The number of benzene rings is 1. The molecule has 7 heteroatoms. The highest BCUT2D eigenvalue weighted by atomic mass is 79.9. The number of carbonyl (C=O) groups excluding carboxylic acids is 1. The zero-order valence-corrected chi connectivity index (χ0v) is 15.9. The van der Waals surface area contributed by atoms with Crippen LogP contribution in [0.4, 0.5) is 5.82 Å². The summed E-state index contributed by atoms with van der Waals surface area (Å²) in [6.45, 7) is 7.33. The Kier molecular flexibility index (Phi) is 6.25. The Morgan fingerprint density at radius 2 is 2.17 bits per heavy atom. The lowest BCUT2D eigenvalue weighted by atomic mass is 10.2. The van der Waals surface area contributed by atoms with E-state index in [1.165, 1.54) is 0 Å². The van der Waals surface area contributed by atoms with Gasteiger partial charge in [0.1, 0.15) is 5.82 Å². The number of rotatable bonds is 7. The minimum Gasteiger partial charge on any atom is -0.493 e. The lowest BCUT2D eigenvalue weighted by Crippen LogP contribution is -2.17. The van der Waals surface area contributed by atoms with Crippen molar-refractivity contribution in [2.75, 3.05) is 19.0 Å². The number of anilines is 1. The molecule has 24 heavy (non-hydrogen) atoms. The van der Waals surface area contributed by atoms with E-state index in [9.17, 15) is 4.79 Å². The molecular weight excluding hydrogens is 374 g/mol. The van der Waals surface area contributed by atoms with Gasteiger partial charge in [-0.1, -0.05) is 13.8 Å². The molecule has 1 aromatic heterocycles. The molecule has 0 atom stereocenters. The maximum absolute atomic E-state index is 12.6. The molecule has 0 radical (unpaired) electrons. The second-order valence-corrected chi connectivity index (χ2v) is 6.52. The molecule has 0 aliphatic carbocycles. The summed E-state index contributed by atoms with van der Waals surface area (Å²) in [4.78, 5) is 12.6. The largest absolute Gasteiger partial charge is 0.493 e. The third-order valence-electron chi connectivity index (χ3n) is 3.28. The van der Waals surface area contributed by atoms with Crippen LogP contribution in [0.5, 0.6) is 11.5 Å². The van der Waals surface area contributed by atoms with Gasteiger partial charge in [-0.2, -0.15) is 5.10 Å². The van der Waals surface area contributed by atoms with Gasteiger partial charge in [0.2, 0.25) is 0 Å². The Hall–Kier alpha value is -2.02. The smallest absolute Gasteiger partial charge is 0.256 e. The first kappa shape index (κ1) is 18.3. The summed E-state index contributed by atoms with van der Waals surface area (Å²) in [5.41, 5.74) is 0.472. The van der Waals surface area contributed by atoms with E-state index in [2.05, 4.69) is 40.2 Å². The van der Waals surface area contributed by atoms with Gasteiger partial charge in [0.25, 0.3) is 5.91 Å². The number of aromatic nitrogens is 2. The summed E-state index contributed by atoms with van der Waals surface area (Å²) >= 11 is 3.43. The normalized spacial score (nSPS) is 10.8. The van der Waals surface area contributed by atoms with Crippen LogP contribution in [-0.2, 0) is 6.54 Å². The van der Waals surface area contributed by atoms with Crippen molar-refractivity contribution in [3.63, 3.8) is 0 Å². The summed E-state index contributed by atoms with van der Waals surface area (Å²) in [6.07, 6.45) is 1.67. The van der Waals surface area contributed by atoms with Crippen LogP contribution in [-0.4, -0.2) is 29.4 Å². The molecule has 6 nitrogen and oxygen atoms in total. The maximum atomic E-state index is 12.6. The molecule has 130 valence electrons. The molecule has 0 fully saturated rings. The van der Waals surface area contributed by atoms with Crippen LogP contribution < -0.4 is 14.8 Å². The Morgan fingerprint density at radius 3 is 2.79 bits per heavy atom. The van der Waals surface area contributed by atoms with E-state index in [0.29, 0.717) is 39.9 Å². The van der Waals surface area contributed by atoms with Crippen LogP contribution in [0.1, 0.15) is 31.1 Å². The monoisotopic (exact) mass is 395 g/mol. The molecule has 0 saturated heterocycles. The van der Waals surface area contributed by atoms with Crippen molar-refractivity contribution in [3.8, 4) is 11.5 Å². The minimum absolute atomic E-state index is 0.234. The molecule has 0 saturated carbocycles. The van der Waals surface area contributed by atoms with E-state index >= 15 is 0 Å². The topological polar surface area (TPSA) is 65.4 Å². The lowest BCUT2D eigenvalue weighted by Gasteiger charge is -2.14. The second kappa shape index (κ2) is 8.19. The van der Waals surface area contributed by atoms with Gasteiger partial charge in [0.15, 0.2) is 11.5 Å². The molecule has 1 heterocycles. The van der Waals surface area contributed by atoms with Gasteiger partial charge in [0, 0.05) is 18.2 Å². The van der Waals surface area contributed by atoms with Gasteiger partial charge in [-0.05, 0) is 40.9 Å². The first-order valence-corrected chi connectivity index (χ1v) is 8.59. The lowest BCUT2D eigenvalue weighted by molar-refractivity contribution is 0.102. The summed E-state index contributed by atoms with van der Waals surface area (Å²) in [5.74, 6) is 1.95. The van der Waals surface area contributed by atoms with Gasteiger partial charge in [0.05, 0.1) is 24.4 Å². The van der Waals surface area contributed by atoms with E-state index < -0.39 is 0 Å². The predicted molar refractivity (Wildman–Crippen MR) is 96.9 cm³/mol. The van der Waals surface area contributed by atoms with Crippen molar-refractivity contribution in [2.24, 2.45) is 5.92 Å². The fourth-order valence-electron chi connectivity index (χ4n) is 2.25. The molecule has 1 aromatic carbocycles. The van der Waals surface area contributed by atoms with Gasteiger partial charge in [-0.15, -0.1) is 0 Å². The van der Waals surface area contributed by atoms with Crippen LogP contribution in [0, 0.1) is 5.92 Å². The predicted octanol–water partition coefficient (Wildman–Crippen LogP) is 3.96. The van der Waals surface area contributed by atoms with Crippen molar-refractivity contribution >= 4 is 27.7 Å². The van der Waals surface area contributed by atoms with E-state index in [1.54, 1.807) is 36.2 Å². The highest BCUT2D eigenvalue weighted by molar-refractivity contribution is 9.10. The number of nitrogens with zero attached hydrogens (tertiary/aromatic N) is 2. The van der Waals surface area contributed by atoms with Crippen molar-refractivity contribution in [3.05, 3.63) is 34.4 Å². The van der Waals surface area contributed by atoms with Crippen LogP contribution >= 0.6 is 15.9 Å².